The third-order valence-electron chi connectivity index (χ3n) is 4.63. The fourth-order valence-electron chi connectivity index (χ4n) is 2.96. The first-order valence-electron chi connectivity index (χ1n) is 8.65. The van der Waals surface area contributed by atoms with Gasteiger partial charge in [0, 0.05) is 11.8 Å². The van der Waals surface area contributed by atoms with E-state index in [-0.39, 0.29) is 0 Å². The van der Waals surface area contributed by atoms with Gasteiger partial charge in [0.2, 0.25) is 0 Å². The molecule has 4 aromatic rings. The minimum Gasteiger partial charge on any atom is -0.283 e. The van der Waals surface area contributed by atoms with Crippen LogP contribution in [0.2, 0.25) is 0 Å². The predicted molar refractivity (Wildman–Crippen MR) is 105 cm³/mol. The van der Waals surface area contributed by atoms with Crippen LogP contribution in [0.15, 0.2) is 77.1 Å². The molecule has 0 bridgehead atoms. The van der Waals surface area contributed by atoms with Crippen molar-refractivity contribution in [3.63, 3.8) is 0 Å². The standard InChI is InChI=1S/C22H20N4/c1-15-12-13-26-20(14-15)23-21(18-9-5-4-6-10-18)22(26)25-24-19-11-7-8-16(2)17(19)3/h4-14H,1-3H3. The van der Waals surface area contributed by atoms with Crippen molar-refractivity contribution in [1.82, 2.24) is 9.38 Å². The van der Waals surface area contributed by atoms with Crippen molar-refractivity contribution in [3.8, 4) is 11.3 Å². The molecule has 0 aliphatic heterocycles. The quantitative estimate of drug-likeness (QED) is 0.401. The number of imidazole rings is 1. The second kappa shape index (κ2) is 6.56. The van der Waals surface area contributed by atoms with Gasteiger partial charge in [0.05, 0.1) is 5.69 Å². The zero-order chi connectivity index (χ0) is 18.1. The summed E-state index contributed by atoms with van der Waals surface area (Å²) in [6, 6.07) is 20.3. The van der Waals surface area contributed by atoms with Crippen LogP contribution in [0.4, 0.5) is 11.5 Å². The van der Waals surface area contributed by atoms with Gasteiger partial charge in [-0.3, -0.25) is 4.40 Å². The van der Waals surface area contributed by atoms with Crippen LogP contribution in [0.5, 0.6) is 0 Å². The van der Waals surface area contributed by atoms with Gasteiger partial charge < -0.3 is 0 Å². The predicted octanol–water partition coefficient (Wildman–Crippen LogP) is 6.34. The molecular weight excluding hydrogens is 320 g/mol. The van der Waals surface area contributed by atoms with Crippen LogP contribution in [0.25, 0.3) is 16.9 Å². The van der Waals surface area contributed by atoms with Crippen LogP contribution < -0.4 is 0 Å². The second-order valence-corrected chi connectivity index (χ2v) is 6.50. The Morgan fingerprint density at radius 3 is 2.46 bits per heavy atom. The van der Waals surface area contributed by atoms with Crippen molar-refractivity contribution in [2.24, 2.45) is 10.2 Å². The summed E-state index contributed by atoms with van der Waals surface area (Å²) in [6.07, 6.45) is 2.00. The molecule has 4 heteroatoms. The average Bonchev–Trinajstić information content (AvgIpc) is 3.01. The summed E-state index contributed by atoms with van der Waals surface area (Å²) >= 11 is 0. The highest BCUT2D eigenvalue weighted by atomic mass is 15.2. The monoisotopic (exact) mass is 340 g/mol. The lowest BCUT2D eigenvalue weighted by atomic mass is 10.1. The Labute approximate surface area is 152 Å². The first-order chi connectivity index (χ1) is 12.6. The first-order valence-corrected chi connectivity index (χ1v) is 8.65. The Hall–Kier alpha value is -3.27. The van der Waals surface area contributed by atoms with Gasteiger partial charge in [-0.05, 0) is 55.7 Å². The molecule has 0 saturated carbocycles. The molecule has 4 nitrogen and oxygen atoms in total. The number of pyridine rings is 1. The van der Waals surface area contributed by atoms with E-state index >= 15 is 0 Å². The van der Waals surface area contributed by atoms with Gasteiger partial charge in [0.15, 0.2) is 5.82 Å². The maximum absolute atomic E-state index is 4.81. The summed E-state index contributed by atoms with van der Waals surface area (Å²) in [6.45, 7) is 6.22. The van der Waals surface area contributed by atoms with Crippen LogP contribution in [-0.4, -0.2) is 9.38 Å². The van der Waals surface area contributed by atoms with E-state index in [0.717, 1.165) is 34.0 Å². The third-order valence-corrected chi connectivity index (χ3v) is 4.63. The number of aromatic nitrogens is 2. The lowest BCUT2D eigenvalue weighted by Crippen LogP contribution is -1.84. The summed E-state index contributed by atoms with van der Waals surface area (Å²) in [5, 5.41) is 9.13. The number of aryl methyl sites for hydroxylation is 2. The van der Waals surface area contributed by atoms with Gasteiger partial charge in [-0.1, -0.05) is 42.5 Å². The number of hydrogen-bond acceptors (Lipinski definition) is 3. The van der Waals surface area contributed by atoms with Crippen molar-refractivity contribution < 1.29 is 0 Å². The summed E-state index contributed by atoms with van der Waals surface area (Å²) in [5.41, 5.74) is 7.14. The molecular formula is C22H20N4. The van der Waals surface area contributed by atoms with E-state index in [1.165, 1.54) is 11.1 Å². The van der Waals surface area contributed by atoms with Crippen molar-refractivity contribution in [1.29, 1.82) is 0 Å². The first kappa shape index (κ1) is 16.2. The maximum atomic E-state index is 4.81. The Morgan fingerprint density at radius 1 is 0.846 bits per heavy atom. The molecule has 2 heterocycles. The fraction of sp³-hybridized carbons (Fsp3) is 0.136. The van der Waals surface area contributed by atoms with Crippen molar-refractivity contribution in [2.75, 3.05) is 0 Å². The molecule has 0 unspecified atom stereocenters. The number of hydrogen-bond donors (Lipinski definition) is 0. The van der Waals surface area contributed by atoms with Gasteiger partial charge in [-0.15, -0.1) is 10.2 Å². The van der Waals surface area contributed by atoms with Crippen LogP contribution in [0.1, 0.15) is 16.7 Å². The van der Waals surface area contributed by atoms with E-state index in [1.54, 1.807) is 0 Å². The Kier molecular flexibility index (Phi) is 4.09. The van der Waals surface area contributed by atoms with E-state index in [4.69, 9.17) is 4.98 Å². The molecule has 0 N–H and O–H groups in total. The third kappa shape index (κ3) is 2.90. The van der Waals surface area contributed by atoms with Crippen molar-refractivity contribution in [3.05, 3.63) is 83.6 Å². The summed E-state index contributed by atoms with van der Waals surface area (Å²) < 4.78 is 1.99. The molecule has 0 spiro atoms. The molecule has 4 rings (SSSR count). The average molecular weight is 340 g/mol. The van der Waals surface area contributed by atoms with Crippen molar-refractivity contribution >= 4 is 17.2 Å². The van der Waals surface area contributed by atoms with E-state index in [9.17, 15) is 0 Å². The number of benzene rings is 2. The molecule has 2 aromatic heterocycles. The molecule has 128 valence electrons. The molecule has 0 amide bonds. The highest BCUT2D eigenvalue weighted by Gasteiger charge is 2.14. The normalized spacial score (nSPS) is 11.5. The lowest BCUT2D eigenvalue weighted by Gasteiger charge is -2.03. The Morgan fingerprint density at radius 2 is 1.65 bits per heavy atom. The van der Waals surface area contributed by atoms with E-state index < -0.39 is 0 Å². The van der Waals surface area contributed by atoms with Crippen LogP contribution in [0, 0.1) is 20.8 Å². The molecule has 0 aliphatic carbocycles. The van der Waals surface area contributed by atoms with Gasteiger partial charge in [-0.25, -0.2) is 4.98 Å². The molecule has 26 heavy (non-hydrogen) atoms. The van der Waals surface area contributed by atoms with Gasteiger partial charge in [0.1, 0.15) is 11.3 Å². The molecule has 0 atom stereocenters. The highest BCUT2D eigenvalue weighted by Crippen LogP contribution is 2.33. The van der Waals surface area contributed by atoms with E-state index in [1.807, 2.05) is 53.1 Å². The largest absolute Gasteiger partial charge is 0.283 e. The van der Waals surface area contributed by atoms with Gasteiger partial charge in [0.25, 0.3) is 0 Å². The topological polar surface area (TPSA) is 42.0 Å². The summed E-state index contributed by atoms with van der Waals surface area (Å²) in [5.74, 6) is 0.743. The zero-order valence-corrected chi connectivity index (χ0v) is 15.1. The smallest absolute Gasteiger partial charge is 0.187 e. The van der Waals surface area contributed by atoms with Crippen molar-refractivity contribution in [2.45, 2.75) is 20.8 Å². The molecule has 0 saturated heterocycles. The summed E-state index contributed by atoms with van der Waals surface area (Å²) in [4.78, 5) is 4.81. The van der Waals surface area contributed by atoms with Crippen LogP contribution in [0.3, 0.4) is 0 Å². The highest BCUT2D eigenvalue weighted by molar-refractivity contribution is 5.74. The summed E-state index contributed by atoms with van der Waals surface area (Å²) in [7, 11) is 0. The number of rotatable bonds is 3. The maximum Gasteiger partial charge on any atom is 0.187 e. The lowest BCUT2D eigenvalue weighted by molar-refractivity contribution is 1.09. The zero-order valence-electron chi connectivity index (χ0n) is 15.1. The molecule has 0 aliphatic rings. The van der Waals surface area contributed by atoms with E-state index in [2.05, 4.69) is 49.2 Å². The van der Waals surface area contributed by atoms with Crippen LogP contribution >= 0.6 is 0 Å². The molecule has 2 aromatic carbocycles. The van der Waals surface area contributed by atoms with Gasteiger partial charge >= 0.3 is 0 Å². The van der Waals surface area contributed by atoms with Crippen LogP contribution in [-0.2, 0) is 0 Å². The number of azo groups is 1. The molecule has 0 radical (unpaired) electrons. The molecule has 0 fully saturated rings. The van der Waals surface area contributed by atoms with E-state index in [0.29, 0.717) is 0 Å². The minimum absolute atomic E-state index is 0.743. The van der Waals surface area contributed by atoms with Gasteiger partial charge in [-0.2, -0.15) is 0 Å². The fourth-order valence-corrected chi connectivity index (χ4v) is 2.96. The SMILES string of the molecule is Cc1ccn2c(N=Nc3cccc(C)c3C)c(-c3ccccc3)nc2c1. The Balaban J connectivity index is 1.90. The minimum atomic E-state index is 0.743. The second-order valence-electron chi connectivity index (χ2n) is 6.50. The Bertz CT molecular complexity index is 1110. The number of nitrogens with zero attached hydrogens (tertiary/aromatic N) is 4. The number of fused-ring (bicyclic) bond motifs is 1.